The first-order chi connectivity index (χ1) is 6.19. The van der Waals surface area contributed by atoms with Gasteiger partial charge in [0, 0.05) is 16.6 Å². The van der Waals surface area contributed by atoms with Gasteiger partial charge in [-0.2, -0.15) is 0 Å². The molecule has 0 radical (unpaired) electrons. The highest BCUT2D eigenvalue weighted by Crippen LogP contribution is 2.26. The van der Waals surface area contributed by atoms with Crippen LogP contribution in [0.4, 0.5) is 0 Å². The fraction of sp³-hybridized carbons (Fsp3) is 0.400. The average Bonchev–Trinajstić information content (AvgIpc) is 2.11. The van der Waals surface area contributed by atoms with Gasteiger partial charge >= 0.3 is 0 Å². The second-order valence-corrected chi connectivity index (χ2v) is 3.81. The van der Waals surface area contributed by atoms with E-state index < -0.39 is 0 Å². The molecule has 1 aromatic carbocycles. The number of rotatable bonds is 3. The van der Waals surface area contributed by atoms with Crippen molar-refractivity contribution in [2.75, 3.05) is 7.05 Å². The second kappa shape index (κ2) is 4.63. The maximum atomic E-state index is 9.62. The molecule has 1 rings (SSSR count). The van der Waals surface area contributed by atoms with Crippen molar-refractivity contribution in [1.82, 2.24) is 5.32 Å². The number of phenols is 1. The van der Waals surface area contributed by atoms with Crippen LogP contribution in [0.1, 0.15) is 18.1 Å². The number of phenolic OH excluding ortho intramolecular Hbond substituents is 1. The van der Waals surface area contributed by atoms with Crippen LogP contribution >= 0.6 is 15.9 Å². The smallest absolute Gasteiger partial charge is 0.120 e. The van der Waals surface area contributed by atoms with Gasteiger partial charge in [-0.3, -0.25) is 0 Å². The van der Waals surface area contributed by atoms with E-state index in [2.05, 4.69) is 28.2 Å². The first-order valence-electron chi connectivity index (χ1n) is 4.34. The minimum absolute atomic E-state index is 0.370. The molecule has 0 bridgehead atoms. The van der Waals surface area contributed by atoms with Gasteiger partial charge in [0.2, 0.25) is 0 Å². The van der Waals surface area contributed by atoms with Crippen LogP contribution in [0.25, 0.3) is 0 Å². The molecule has 0 fully saturated rings. The Morgan fingerprint density at radius 2 is 2.08 bits per heavy atom. The van der Waals surface area contributed by atoms with E-state index in [-0.39, 0.29) is 0 Å². The molecular formula is C10H14BrNO. The molecule has 0 unspecified atom stereocenters. The molecule has 0 amide bonds. The molecule has 0 spiro atoms. The Labute approximate surface area is 87.1 Å². The molecule has 72 valence electrons. The van der Waals surface area contributed by atoms with E-state index in [1.54, 1.807) is 0 Å². The molecule has 13 heavy (non-hydrogen) atoms. The topological polar surface area (TPSA) is 32.3 Å². The van der Waals surface area contributed by atoms with E-state index in [1.807, 2.05) is 19.2 Å². The molecule has 0 atom stereocenters. The number of aromatic hydroxyl groups is 1. The Morgan fingerprint density at radius 1 is 1.38 bits per heavy atom. The van der Waals surface area contributed by atoms with Crippen LogP contribution in [0.3, 0.4) is 0 Å². The van der Waals surface area contributed by atoms with Crippen molar-refractivity contribution in [1.29, 1.82) is 0 Å². The molecule has 2 N–H and O–H groups in total. The highest BCUT2D eigenvalue weighted by atomic mass is 79.9. The Morgan fingerprint density at radius 3 is 2.62 bits per heavy atom. The molecule has 3 heteroatoms. The predicted molar refractivity (Wildman–Crippen MR) is 57.9 cm³/mol. The van der Waals surface area contributed by atoms with Crippen LogP contribution in [0.2, 0.25) is 0 Å². The van der Waals surface area contributed by atoms with E-state index in [0.29, 0.717) is 12.3 Å². The van der Waals surface area contributed by atoms with Crippen LogP contribution < -0.4 is 5.32 Å². The third-order valence-electron chi connectivity index (χ3n) is 2.00. The summed E-state index contributed by atoms with van der Waals surface area (Å²) in [6.45, 7) is 2.76. The highest BCUT2D eigenvalue weighted by molar-refractivity contribution is 9.10. The zero-order valence-corrected chi connectivity index (χ0v) is 9.48. The molecular weight excluding hydrogens is 230 g/mol. The van der Waals surface area contributed by atoms with Crippen LogP contribution in [-0.4, -0.2) is 12.2 Å². The number of benzene rings is 1. The van der Waals surface area contributed by atoms with Gasteiger partial charge in [-0.1, -0.05) is 22.9 Å². The Kier molecular flexibility index (Phi) is 3.75. The maximum absolute atomic E-state index is 9.62. The van der Waals surface area contributed by atoms with Crippen molar-refractivity contribution >= 4 is 15.9 Å². The predicted octanol–water partition coefficient (Wildman–Crippen LogP) is 2.44. The van der Waals surface area contributed by atoms with Crippen molar-refractivity contribution in [3.05, 3.63) is 27.7 Å². The summed E-state index contributed by atoms with van der Waals surface area (Å²) in [5.74, 6) is 0.370. The minimum atomic E-state index is 0.370. The number of aryl methyl sites for hydroxylation is 1. The van der Waals surface area contributed by atoms with Crippen molar-refractivity contribution in [3.63, 3.8) is 0 Å². The van der Waals surface area contributed by atoms with E-state index in [1.165, 1.54) is 0 Å². The van der Waals surface area contributed by atoms with Crippen LogP contribution in [0.5, 0.6) is 5.75 Å². The molecule has 0 aliphatic carbocycles. The first-order valence-corrected chi connectivity index (χ1v) is 5.13. The van der Waals surface area contributed by atoms with Crippen molar-refractivity contribution < 1.29 is 5.11 Å². The number of hydrogen-bond acceptors (Lipinski definition) is 2. The first kappa shape index (κ1) is 10.5. The van der Waals surface area contributed by atoms with Gasteiger partial charge in [-0.15, -0.1) is 0 Å². The largest absolute Gasteiger partial charge is 0.508 e. The van der Waals surface area contributed by atoms with Crippen molar-refractivity contribution in [2.24, 2.45) is 0 Å². The third kappa shape index (κ3) is 2.45. The molecule has 0 aliphatic heterocycles. The van der Waals surface area contributed by atoms with Crippen molar-refractivity contribution in [2.45, 2.75) is 19.9 Å². The Balaban J connectivity index is 3.05. The summed E-state index contributed by atoms with van der Waals surface area (Å²) < 4.78 is 1.07. The molecule has 0 heterocycles. The quantitative estimate of drug-likeness (QED) is 0.855. The van der Waals surface area contributed by atoms with Gasteiger partial charge in [0.15, 0.2) is 0 Å². The lowest BCUT2D eigenvalue weighted by Crippen LogP contribution is -2.05. The summed E-state index contributed by atoms with van der Waals surface area (Å²) >= 11 is 3.47. The lowest BCUT2D eigenvalue weighted by Gasteiger charge is -2.08. The van der Waals surface area contributed by atoms with Gasteiger partial charge in [-0.05, 0) is 31.2 Å². The Bertz CT molecular complexity index is 299. The zero-order valence-electron chi connectivity index (χ0n) is 7.89. The number of halogens is 1. The summed E-state index contributed by atoms with van der Waals surface area (Å²) in [5.41, 5.74) is 2.06. The maximum Gasteiger partial charge on any atom is 0.120 e. The molecule has 1 aromatic rings. The lowest BCUT2D eigenvalue weighted by atomic mass is 10.1. The molecule has 2 nitrogen and oxygen atoms in total. The number of hydrogen-bond donors (Lipinski definition) is 2. The summed E-state index contributed by atoms with van der Waals surface area (Å²) in [4.78, 5) is 0. The normalized spacial score (nSPS) is 10.4. The minimum Gasteiger partial charge on any atom is -0.508 e. The SMILES string of the molecule is CCc1cc(O)c(CNC)cc1Br. The molecule has 0 saturated carbocycles. The monoisotopic (exact) mass is 243 g/mol. The van der Waals surface area contributed by atoms with E-state index in [4.69, 9.17) is 0 Å². The van der Waals surface area contributed by atoms with Crippen molar-refractivity contribution in [3.8, 4) is 5.75 Å². The van der Waals surface area contributed by atoms with E-state index >= 15 is 0 Å². The van der Waals surface area contributed by atoms with Gasteiger partial charge < -0.3 is 10.4 Å². The van der Waals surface area contributed by atoms with Crippen LogP contribution in [-0.2, 0) is 13.0 Å². The van der Waals surface area contributed by atoms with Gasteiger partial charge in [0.05, 0.1) is 0 Å². The fourth-order valence-electron chi connectivity index (χ4n) is 1.25. The third-order valence-corrected chi connectivity index (χ3v) is 2.73. The second-order valence-electron chi connectivity index (χ2n) is 2.96. The highest BCUT2D eigenvalue weighted by Gasteiger charge is 2.05. The van der Waals surface area contributed by atoms with Crippen LogP contribution in [0.15, 0.2) is 16.6 Å². The summed E-state index contributed by atoms with van der Waals surface area (Å²) in [6, 6.07) is 3.78. The van der Waals surface area contributed by atoms with E-state index in [9.17, 15) is 5.11 Å². The van der Waals surface area contributed by atoms with Gasteiger partial charge in [0.1, 0.15) is 5.75 Å². The van der Waals surface area contributed by atoms with Gasteiger partial charge in [0.25, 0.3) is 0 Å². The number of nitrogens with one attached hydrogen (secondary N) is 1. The van der Waals surface area contributed by atoms with Gasteiger partial charge in [-0.25, -0.2) is 0 Å². The summed E-state index contributed by atoms with van der Waals surface area (Å²) in [5, 5.41) is 12.6. The lowest BCUT2D eigenvalue weighted by molar-refractivity contribution is 0.465. The molecule has 0 aliphatic rings. The fourth-order valence-corrected chi connectivity index (χ4v) is 1.92. The Hall–Kier alpha value is -0.540. The summed E-state index contributed by atoms with van der Waals surface area (Å²) in [7, 11) is 1.86. The molecule has 0 aromatic heterocycles. The molecule has 0 saturated heterocycles. The van der Waals surface area contributed by atoms with Crippen LogP contribution in [0, 0.1) is 0 Å². The standard InChI is InChI=1S/C10H14BrNO/c1-3-7-5-10(13)8(6-12-2)4-9(7)11/h4-5,12-13H,3,6H2,1-2H3. The summed E-state index contributed by atoms with van der Waals surface area (Å²) in [6.07, 6.45) is 0.925. The zero-order chi connectivity index (χ0) is 9.84. The van der Waals surface area contributed by atoms with E-state index in [0.717, 1.165) is 22.0 Å². The average molecular weight is 244 g/mol.